The highest BCUT2D eigenvalue weighted by Crippen LogP contribution is 2.26. The summed E-state index contributed by atoms with van der Waals surface area (Å²) in [5.74, 6) is 1.35. The Labute approximate surface area is 112 Å². The highest BCUT2D eigenvalue weighted by atomic mass is 32.2. The number of aromatic nitrogens is 2. The van der Waals surface area contributed by atoms with Gasteiger partial charge in [0.15, 0.2) is 0 Å². The lowest BCUT2D eigenvalue weighted by Gasteiger charge is -2.11. The van der Waals surface area contributed by atoms with Gasteiger partial charge >= 0.3 is 5.97 Å². The molecule has 0 fully saturated rings. The van der Waals surface area contributed by atoms with E-state index >= 15 is 0 Å². The van der Waals surface area contributed by atoms with Gasteiger partial charge in [-0.15, -0.1) is 11.8 Å². The van der Waals surface area contributed by atoms with E-state index in [0.717, 1.165) is 29.2 Å². The van der Waals surface area contributed by atoms with Gasteiger partial charge in [0.25, 0.3) is 0 Å². The molecule has 0 aliphatic heterocycles. The molecule has 0 unspecified atom stereocenters. The van der Waals surface area contributed by atoms with Crippen molar-refractivity contribution in [2.75, 3.05) is 25.2 Å². The van der Waals surface area contributed by atoms with Crippen LogP contribution in [0.25, 0.3) is 0 Å². The van der Waals surface area contributed by atoms with Gasteiger partial charge in [0.05, 0.1) is 13.5 Å². The quantitative estimate of drug-likeness (QED) is 0.465. The second-order valence-electron chi connectivity index (χ2n) is 3.68. The number of carbonyl (C=O) groups is 1. The van der Waals surface area contributed by atoms with Crippen LogP contribution in [0.5, 0.6) is 0 Å². The highest BCUT2D eigenvalue weighted by Gasteiger charge is 2.11. The van der Waals surface area contributed by atoms with Crippen molar-refractivity contribution in [2.45, 2.75) is 31.2 Å². The number of hydrogen-bond acceptors (Lipinski definition) is 6. The number of thioether (sulfide) groups is 1. The summed E-state index contributed by atoms with van der Waals surface area (Å²) in [6.45, 7) is 2.12. The second-order valence-corrected chi connectivity index (χ2v) is 4.76. The largest absolute Gasteiger partial charge is 0.469 e. The Balaban J connectivity index is 2.71. The summed E-state index contributed by atoms with van der Waals surface area (Å²) in [7, 11) is 3.25. The molecule has 0 aliphatic rings. The van der Waals surface area contributed by atoms with E-state index in [4.69, 9.17) is 0 Å². The minimum absolute atomic E-state index is 0.192. The molecule has 1 heterocycles. The maximum Gasteiger partial charge on any atom is 0.306 e. The third-order valence-electron chi connectivity index (χ3n) is 2.42. The van der Waals surface area contributed by atoms with E-state index in [1.807, 2.05) is 7.05 Å². The minimum Gasteiger partial charge on any atom is -0.469 e. The molecule has 0 bridgehead atoms. The third kappa shape index (κ3) is 4.18. The molecule has 0 radical (unpaired) electrons. The molecular formula is C12H19N3O2S. The van der Waals surface area contributed by atoms with Crippen LogP contribution < -0.4 is 5.32 Å². The number of methoxy groups -OCH3 is 1. The molecule has 1 rings (SSSR count). The monoisotopic (exact) mass is 269 g/mol. The van der Waals surface area contributed by atoms with Gasteiger partial charge in [0.1, 0.15) is 17.2 Å². The number of esters is 1. The van der Waals surface area contributed by atoms with Crippen molar-refractivity contribution in [3.05, 3.63) is 11.9 Å². The van der Waals surface area contributed by atoms with E-state index in [0.29, 0.717) is 12.2 Å². The maximum atomic E-state index is 11.1. The molecule has 6 heteroatoms. The van der Waals surface area contributed by atoms with Gasteiger partial charge in [0.2, 0.25) is 0 Å². The van der Waals surface area contributed by atoms with Crippen molar-refractivity contribution in [3.8, 4) is 0 Å². The topological polar surface area (TPSA) is 64.1 Å². The van der Waals surface area contributed by atoms with Gasteiger partial charge in [-0.1, -0.05) is 13.3 Å². The van der Waals surface area contributed by atoms with E-state index in [1.165, 1.54) is 7.11 Å². The Kier molecular flexibility index (Phi) is 6.49. The molecule has 0 aromatic carbocycles. The summed E-state index contributed by atoms with van der Waals surface area (Å²) in [5.41, 5.74) is 1.12. The van der Waals surface area contributed by atoms with Crippen molar-refractivity contribution < 1.29 is 9.53 Å². The fraction of sp³-hybridized carbons (Fsp3) is 0.583. The molecule has 0 atom stereocenters. The fourth-order valence-corrected chi connectivity index (χ4v) is 2.50. The molecule has 0 spiro atoms. The Bertz CT molecular complexity index is 399. The van der Waals surface area contributed by atoms with Crippen molar-refractivity contribution in [2.24, 2.45) is 0 Å². The first-order valence-electron chi connectivity index (χ1n) is 5.94. The average Bonchev–Trinajstić information content (AvgIpc) is 2.40. The molecule has 100 valence electrons. The smallest absolute Gasteiger partial charge is 0.306 e. The number of carbonyl (C=O) groups excluding carboxylic acids is 1. The average molecular weight is 269 g/mol. The number of rotatable bonds is 7. The molecule has 0 aliphatic carbocycles. The minimum atomic E-state index is -0.192. The van der Waals surface area contributed by atoms with Gasteiger partial charge in [-0.3, -0.25) is 4.79 Å². The molecule has 1 aromatic rings. The summed E-state index contributed by atoms with van der Waals surface area (Å²) in [5, 5.41) is 4.02. The lowest BCUT2D eigenvalue weighted by Crippen LogP contribution is -2.04. The zero-order valence-corrected chi connectivity index (χ0v) is 11.8. The van der Waals surface area contributed by atoms with Crippen LogP contribution in [0, 0.1) is 0 Å². The normalized spacial score (nSPS) is 10.2. The molecule has 18 heavy (non-hydrogen) atoms. The Hall–Kier alpha value is -1.30. The van der Waals surface area contributed by atoms with Gasteiger partial charge < -0.3 is 10.1 Å². The molecule has 0 amide bonds. The van der Waals surface area contributed by atoms with Crippen molar-refractivity contribution >= 4 is 23.5 Å². The van der Waals surface area contributed by atoms with Gasteiger partial charge in [-0.2, -0.15) is 0 Å². The predicted octanol–water partition coefficient (Wildman–Crippen LogP) is 2.13. The highest BCUT2D eigenvalue weighted by molar-refractivity contribution is 7.99. The van der Waals surface area contributed by atoms with Crippen LogP contribution in [0.3, 0.4) is 0 Å². The van der Waals surface area contributed by atoms with E-state index in [1.54, 1.807) is 18.1 Å². The molecule has 0 saturated heterocycles. The summed E-state index contributed by atoms with van der Waals surface area (Å²) >= 11 is 1.57. The van der Waals surface area contributed by atoms with Gasteiger partial charge in [-0.05, 0) is 6.42 Å². The number of nitrogens with zero attached hydrogens (tertiary/aromatic N) is 2. The van der Waals surface area contributed by atoms with Crippen LogP contribution in [0.2, 0.25) is 0 Å². The molecule has 0 saturated carbocycles. The zero-order valence-electron chi connectivity index (χ0n) is 11.0. The first kappa shape index (κ1) is 14.8. The van der Waals surface area contributed by atoms with Crippen LogP contribution in [-0.4, -0.2) is 35.8 Å². The van der Waals surface area contributed by atoms with Crippen molar-refractivity contribution in [1.29, 1.82) is 0 Å². The van der Waals surface area contributed by atoms with Crippen LogP contribution in [0.1, 0.15) is 25.3 Å². The number of nitrogens with one attached hydrogen (secondary N) is 1. The molecule has 5 nitrogen and oxygen atoms in total. The second kappa shape index (κ2) is 7.92. The number of anilines is 1. The standard InChI is InChI=1S/C12H19N3O2S/c1-4-5-9-11(13-2)14-8-15-12(9)18-7-6-10(16)17-3/h8H,4-7H2,1-3H3,(H,13,14,15). The summed E-state index contributed by atoms with van der Waals surface area (Å²) < 4.78 is 4.61. The Morgan fingerprint density at radius 3 is 2.89 bits per heavy atom. The van der Waals surface area contributed by atoms with E-state index in [2.05, 4.69) is 26.9 Å². The Morgan fingerprint density at radius 2 is 2.28 bits per heavy atom. The van der Waals surface area contributed by atoms with E-state index in [-0.39, 0.29) is 5.97 Å². The summed E-state index contributed by atoms with van der Waals surface area (Å²) in [4.78, 5) is 19.6. The Morgan fingerprint density at radius 1 is 1.50 bits per heavy atom. The predicted molar refractivity (Wildman–Crippen MR) is 72.9 cm³/mol. The van der Waals surface area contributed by atoms with E-state index < -0.39 is 0 Å². The third-order valence-corrected chi connectivity index (χ3v) is 3.45. The summed E-state index contributed by atoms with van der Waals surface area (Å²) in [6.07, 6.45) is 3.90. The summed E-state index contributed by atoms with van der Waals surface area (Å²) in [6, 6.07) is 0. The van der Waals surface area contributed by atoms with Crippen LogP contribution in [0.4, 0.5) is 5.82 Å². The van der Waals surface area contributed by atoms with Crippen LogP contribution >= 0.6 is 11.8 Å². The van der Waals surface area contributed by atoms with Gasteiger partial charge in [0, 0.05) is 18.4 Å². The number of ether oxygens (including phenoxy) is 1. The van der Waals surface area contributed by atoms with Crippen LogP contribution in [-0.2, 0) is 16.0 Å². The first-order chi connectivity index (χ1) is 8.72. The molecular weight excluding hydrogens is 250 g/mol. The van der Waals surface area contributed by atoms with Crippen molar-refractivity contribution in [3.63, 3.8) is 0 Å². The SMILES string of the molecule is CCCc1c(NC)ncnc1SCCC(=O)OC. The van der Waals surface area contributed by atoms with Crippen molar-refractivity contribution in [1.82, 2.24) is 9.97 Å². The lowest BCUT2D eigenvalue weighted by molar-refractivity contribution is -0.140. The van der Waals surface area contributed by atoms with Crippen LogP contribution in [0.15, 0.2) is 11.4 Å². The lowest BCUT2D eigenvalue weighted by atomic mass is 10.2. The first-order valence-corrected chi connectivity index (χ1v) is 6.92. The maximum absolute atomic E-state index is 11.1. The van der Waals surface area contributed by atoms with Gasteiger partial charge in [-0.25, -0.2) is 9.97 Å². The fourth-order valence-electron chi connectivity index (χ4n) is 1.54. The number of hydrogen-bond donors (Lipinski definition) is 1. The van der Waals surface area contributed by atoms with E-state index in [9.17, 15) is 4.79 Å². The molecule has 1 aromatic heterocycles. The molecule has 1 N–H and O–H groups in total. The zero-order chi connectivity index (χ0) is 13.4.